The maximum absolute atomic E-state index is 12.0. The number of nitrogens with zero attached hydrogens (tertiary/aromatic N) is 1. The Morgan fingerprint density at radius 2 is 2.11 bits per heavy atom. The monoisotopic (exact) mass is 262 g/mol. The number of hydrogen-bond donors (Lipinski definition) is 2. The number of amides is 1. The summed E-state index contributed by atoms with van der Waals surface area (Å²) < 4.78 is 0. The maximum atomic E-state index is 12.0. The fourth-order valence-corrected chi connectivity index (χ4v) is 2.56. The predicted octanol–water partition coefficient (Wildman–Crippen LogP) is 1.84. The van der Waals surface area contributed by atoms with Crippen LogP contribution in [0.2, 0.25) is 0 Å². The van der Waals surface area contributed by atoms with Crippen LogP contribution in [-0.2, 0) is 4.79 Å². The van der Waals surface area contributed by atoms with E-state index in [0.717, 1.165) is 17.8 Å². The van der Waals surface area contributed by atoms with Crippen LogP contribution in [0.15, 0.2) is 24.3 Å². The quantitative estimate of drug-likeness (QED) is 0.874. The minimum absolute atomic E-state index is 0.0274. The van der Waals surface area contributed by atoms with Gasteiger partial charge in [-0.15, -0.1) is 0 Å². The molecule has 2 rings (SSSR count). The van der Waals surface area contributed by atoms with Crippen molar-refractivity contribution in [3.8, 4) is 0 Å². The minimum atomic E-state index is -0.595. The third-order valence-corrected chi connectivity index (χ3v) is 3.82. The Kier molecular flexibility index (Phi) is 3.80. The maximum Gasteiger partial charge on any atom is 0.245 e. The third kappa shape index (κ3) is 2.45. The van der Waals surface area contributed by atoms with Gasteiger partial charge in [0.2, 0.25) is 5.91 Å². The Bertz CT molecular complexity index is 471. The van der Waals surface area contributed by atoms with E-state index in [-0.39, 0.29) is 5.91 Å². The molecule has 1 amide bonds. The van der Waals surface area contributed by atoms with Crippen molar-refractivity contribution >= 4 is 11.6 Å². The molecule has 1 aliphatic rings. The Hall–Kier alpha value is -1.55. The van der Waals surface area contributed by atoms with Gasteiger partial charge in [0.15, 0.2) is 0 Å². The molecule has 1 aliphatic heterocycles. The Morgan fingerprint density at radius 1 is 1.42 bits per heavy atom. The highest BCUT2D eigenvalue weighted by Gasteiger charge is 2.38. The molecule has 0 bridgehead atoms. The standard InChI is InChI=1S/C15H22N2O2/c1-4-13(18)11-7-5-6-8-12(11)17-10-9-16-14(19)15(17,2)3/h5-8,13,18H,4,9-10H2,1-3H3,(H,16,19). The van der Waals surface area contributed by atoms with Crippen LogP contribution >= 0.6 is 0 Å². The lowest BCUT2D eigenvalue weighted by molar-refractivity contribution is -0.126. The third-order valence-electron chi connectivity index (χ3n) is 3.82. The molecule has 1 atom stereocenters. The number of piperazine rings is 1. The lowest BCUT2D eigenvalue weighted by atomic mass is 9.95. The molecule has 1 fully saturated rings. The van der Waals surface area contributed by atoms with Crippen molar-refractivity contribution in [2.24, 2.45) is 0 Å². The molecule has 1 heterocycles. The Balaban J connectivity index is 2.43. The van der Waals surface area contributed by atoms with Crippen molar-refractivity contribution in [3.63, 3.8) is 0 Å². The summed E-state index contributed by atoms with van der Waals surface area (Å²) in [6.45, 7) is 7.17. The number of anilines is 1. The van der Waals surface area contributed by atoms with Gasteiger partial charge < -0.3 is 15.3 Å². The van der Waals surface area contributed by atoms with E-state index in [1.807, 2.05) is 45.0 Å². The second kappa shape index (κ2) is 5.21. The molecule has 1 saturated heterocycles. The summed E-state index contributed by atoms with van der Waals surface area (Å²) in [7, 11) is 0. The van der Waals surface area contributed by atoms with E-state index < -0.39 is 11.6 Å². The molecule has 4 heteroatoms. The SMILES string of the molecule is CCC(O)c1ccccc1N1CCNC(=O)C1(C)C. The molecular formula is C15H22N2O2. The molecule has 4 nitrogen and oxygen atoms in total. The first-order chi connectivity index (χ1) is 8.98. The zero-order chi connectivity index (χ0) is 14.0. The number of carbonyl (C=O) groups excluding carboxylic acids is 1. The molecule has 2 N–H and O–H groups in total. The smallest absolute Gasteiger partial charge is 0.245 e. The number of benzene rings is 1. The van der Waals surface area contributed by atoms with E-state index >= 15 is 0 Å². The highest BCUT2D eigenvalue weighted by molar-refractivity contribution is 5.90. The summed E-state index contributed by atoms with van der Waals surface area (Å²) in [5.41, 5.74) is 1.26. The second-order valence-electron chi connectivity index (χ2n) is 5.45. The second-order valence-corrected chi connectivity index (χ2v) is 5.45. The van der Waals surface area contributed by atoms with Crippen LogP contribution in [0.5, 0.6) is 0 Å². The van der Waals surface area contributed by atoms with E-state index in [0.29, 0.717) is 13.0 Å². The van der Waals surface area contributed by atoms with E-state index in [9.17, 15) is 9.90 Å². The molecule has 1 aromatic rings. The number of hydrogen-bond acceptors (Lipinski definition) is 3. The molecule has 0 aliphatic carbocycles. The van der Waals surface area contributed by atoms with Crippen LogP contribution in [0.3, 0.4) is 0 Å². The highest BCUT2D eigenvalue weighted by Crippen LogP contribution is 2.33. The summed E-state index contributed by atoms with van der Waals surface area (Å²) in [6, 6.07) is 7.79. The van der Waals surface area contributed by atoms with Gasteiger partial charge >= 0.3 is 0 Å². The zero-order valence-corrected chi connectivity index (χ0v) is 11.8. The Labute approximate surface area is 114 Å². The largest absolute Gasteiger partial charge is 0.388 e. The molecule has 0 spiro atoms. The van der Waals surface area contributed by atoms with Crippen molar-refractivity contribution in [1.82, 2.24) is 5.32 Å². The Morgan fingerprint density at radius 3 is 2.79 bits per heavy atom. The number of aliphatic hydroxyl groups is 1. The first-order valence-corrected chi connectivity index (χ1v) is 6.81. The van der Waals surface area contributed by atoms with Crippen LogP contribution in [0.4, 0.5) is 5.69 Å². The number of carbonyl (C=O) groups is 1. The van der Waals surface area contributed by atoms with E-state index in [1.165, 1.54) is 0 Å². The van der Waals surface area contributed by atoms with Gasteiger partial charge in [-0.25, -0.2) is 0 Å². The summed E-state index contributed by atoms with van der Waals surface area (Å²) in [5.74, 6) is 0.0274. The van der Waals surface area contributed by atoms with Crippen LogP contribution in [0.25, 0.3) is 0 Å². The summed E-state index contributed by atoms with van der Waals surface area (Å²) >= 11 is 0. The number of aliphatic hydroxyl groups excluding tert-OH is 1. The highest BCUT2D eigenvalue weighted by atomic mass is 16.3. The number of nitrogens with one attached hydrogen (secondary N) is 1. The van der Waals surface area contributed by atoms with E-state index in [2.05, 4.69) is 10.2 Å². The van der Waals surface area contributed by atoms with Gasteiger partial charge in [-0.2, -0.15) is 0 Å². The fraction of sp³-hybridized carbons (Fsp3) is 0.533. The van der Waals surface area contributed by atoms with Gasteiger partial charge in [-0.1, -0.05) is 25.1 Å². The van der Waals surface area contributed by atoms with Gasteiger partial charge in [0.1, 0.15) is 5.54 Å². The van der Waals surface area contributed by atoms with Crippen LogP contribution in [0.1, 0.15) is 38.9 Å². The van der Waals surface area contributed by atoms with Crippen molar-refractivity contribution in [2.45, 2.75) is 38.8 Å². The lowest BCUT2D eigenvalue weighted by Gasteiger charge is -2.44. The van der Waals surface area contributed by atoms with Gasteiger partial charge in [-0.05, 0) is 26.3 Å². The van der Waals surface area contributed by atoms with Crippen LogP contribution in [0, 0.1) is 0 Å². The molecule has 1 aromatic carbocycles. The summed E-state index contributed by atoms with van der Waals surface area (Å²) in [6.07, 6.45) is 0.175. The lowest BCUT2D eigenvalue weighted by Crippen LogP contribution is -2.62. The average Bonchev–Trinajstić information content (AvgIpc) is 2.41. The number of para-hydroxylation sites is 1. The van der Waals surface area contributed by atoms with Gasteiger partial charge in [-0.3, -0.25) is 4.79 Å². The van der Waals surface area contributed by atoms with Crippen molar-refractivity contribution < 1.29 is 9.90 Å². The predicted molar refractivity (Wildman–Crippen MR) is 76.1 cm³/mol. The average molecular weight is 262 g/mol. The van der Waals surface area contributed by atoms with Gasteiger partial charge in [0.05, 0.1) is 6.10 Å². The van der Waals surface area contributed by atoms with E-state index in [4.69, 9.17) is 0 Å². The van der Waals surface area contributed by atoms with Crippen molar-refractivity contribution in [1.29, 1.82) is 0 Å². The first-order valence-electron chi connectivity index (χ1n) is 6.81. The molecule has 1 unspecified atom stereocenters. The summed E-state index contributed by atoms with van der Waals surface area (Å²) in [4.78, 5) is 14.1. The minimum Gasteiger partial charge on any atom is -0.388 e. The molecular weight excluding hydrogens is 240 g/mol. The molecule has 0 aromatic heterocycles. The fourth-order valence-electron chi connectivity index (χ4n) is 2.56. The molecule has 19 heavy (non-hydrogen) atoms. The summed E-state index contributed by atoms with van der Waals surface area (Å²) in [5, 5.41) is 13.0. The van der Waals surface area contributed by atoms with Crippen molar-refractivity contribution in [3.05, 3.63) is 29.8 Å². The molecule has 0 saturated carbocycles. The van der Waals surface area contributed by atoms with Gasteiger partial charge in [0, 0.05) is 24.3 Å². The van der Waals surface area contributed by atoms with E-state index in [1.54, 1.807) is 0 Å². The molecule has 0 radical (unpaired) electrons. The van der Waals surface area contributed by atoms with Crippen LogP contribution < -0.4 is 10.2 Å². The topological polar surface area (TPSA) is 52.6 Å². The van der Waals surface area contributed by atoms with Gasteiger partial charge in [0.25, 0.3) is 0 Å². The van der Waals surface area contributed by atoms with Crippen molar-refractivity contribution in [2.75, 3.05) is 18.0 Å². The van der Waals surface area contributed by atoms with Crippen LogP contribution in [-0.4, -0.2) is 29.6 Å². The normalized spacial score (nSPS) is 20.0. The zero-order valence-electron chi connectivity index (χ0n) is 11.8. The first kappa shape index (κ1) is 13.9. The molecule has 104 valence electrons. The number of rotatable bonds is 3.